The number of rotatable bonds is 6. The average molecular weight is 361 g/mol. The van der Waals surface area contributed by atoms with E-state index in [9.17, 15) is 4.79 Å². The van der Waals surface area contributed by atoms with Crippen molar-refractivity contribution in [2.75, 3.05) is 27.2 Å². The molecule has 0 spiro atoms. The number of carbonyl (C=O) groups is 1. The third-order valence-corrected chi connectivity index (χ3v) is 4.48. The van der Waals surface area contributed by atoms with E-state index in [2.05, 4.69) is 25.5 Å². The van der Waals surface area contributed by atoms with Gasteiger partial charge in [0.2, 0.25) is 11.8 Å². The molecule has 2 N–H and O–H groups in total. The van der Waals surface area contributed by atoms with Crippen molar-refractivity contribution in [1.82, 2.24) is 20.5 Å². The number of likely N-dealkylation sites (tertiary alicyclic amines) is 1. The van der Waals surface area contributed by atoms with E-state index in [0.717, 1.165) is 37.5 Å². The van der Waals surface area contributed by atoms with Gasteiger partial charge in [-0.3, -0.25) is 9.79 Å². The molecule has 0 unspecified atom stereocenters. The van der Waals surface area contributed by atoms with E-state index in [0.29, 0.717) is 24.8 Å². The van der Waals surface area contributed by atoms with E-state index in [4.69, 9.17) is 4.74 Å². The van der Waals surface area contributed by atoms with Gasteiger partial charge >= 0.3 is 0 Å². The van der Waals surface area contributed by atoms with Gasteiger partial charge in [-0.25, -0.2) is 4.98 Å². The molecule has 0 aromatic carbocycles. The molecule has 0 aliphatic carbocycles. The van der Waals surface area contributed by atoms with E-state index in [1.54, 1.807) is 14.1 Å². The summed E-state index contributed by atoms with van der Waals surface area (Å²) in [5, 5.41) is 6.10. The maximum atomic E-state index is 11.5. The number of pyridine rings is 1. The Morgan fingerprint density at radius 1 is 1.38 bits per heavy atom. The lowest BCUT2D eigenvalue weighted by molar-refractivity contribution is -0.121. The predicted octanol–water partition coefficient (Wildman–Crippen LogP) is 1.79. The second-order valence-electron chi connectivity index (χ2n) is 6.88. The highest BCUT2D eigenvalue weighted by atomic mass is 16.5. The Bertz CT molecular complexity index is 592. The molecule has 7 nitrogen and oxygen atoms in total. The fraction of sp³-hybridized carbons (Fsp3) is 0.632. The van der Waals surface area contributed by atoms with E-state index >= 15 is 0 Å². The van der Waals surface area contributed by atoms with Crippen LogP contribution in [0.2, 0.25) is 0 Å². The first-order valence-corrected chi connectivity index (χ1v) is 9.29. The molecule has 1 fully saturated rings. The minimum atomic E-state index is 0.122. The summed E-state index contributed by atoms with van der Waals surface area (Å²) in [6, 6.07) is 3.91. The van der Waals surface area contributed by atoms with Crippen molar-refractivity contribution < 1.29 is 9.53 Å². The number of amides is 1. The van der Waals surface area contributed by atoms with E-state index in [1.165, 1.54) is 0 Å². The van der Waals surface area contributed by atoms with E-state index in [-0.39, 0.29) is 12.0 Å². The fourth-order valence-corrected chi connectivity index (χ4v) is 3.05. The molecule has 0 atom stereocenters. The van der Waals surface area contributed by atoms with E-state index in [1.807, 2.05) is 32.2 Å². The van der Waals surface area contributed by atoms with Crippen LogP contribution in [0.25, 0.3) is 0 Å². The molecule has 26 heavy (non-hydrogen) atoms. The highest BCUT2D eigenvalue weighted by Gasteiger charge is 2.22. The number of nitrogens with zero attached hydrogens (tertiary/aromatic N) is 3. The number of aliphatic imine (C=N–C) groups is 1. The molecule has 144 valence electrons. The zero-order valence-corrected chi connectivity index (χ0v) is 16.3. The van der Waals surface area contributed by atoms with Crippen LogP contribution in [-0.4, -0.2) is 55.0 Å². The predicted molar refractivity (Wildman–Crippen MR) is 103 cm³/mol. The summed E-state index contributed by atoms with van der Waals surface area (Å²) in [7, 11) is 3.50. The Labute approximate surface area is 156 Å². The van der Waals surface area contributed by atoms with Crippen LogP contribution in [0.4, 0.5) is 0 Å². The van der Waals surface area contributed by atoms with Crippen LogP contribution in [0, 0.1) is 5.92 Å². The van der Waals surface area contributed by atoms with Gasteiger partial charge in [0.15, 0.2) is 5.96 Å². The first kappa shape index (κ1) is 20.0. The number of nitrogens with one attached hydrogen (secondary N) is 2. The minimum absolute atomic E-state index is 0.122. The van der Waals surface area contributed by atoms with Gasteiger partial charge in [0, 0.05) is 52.4 Å². The molecule has 7 heteroatoms. The van der Waals surface area contributed by atoms with Gasteiger partial charge in [-0.1, -0.05) is 6.07 Å². The molecular formula is C19H31N5O2. The molecule has 0 saturated carbocycles. The summed E-state index contributed by atoms with van der Waals surface area (Å²) in [5.74, 6) is 2.13. The zero-order chi connectivity index (χ0) is 18.9. The second-order valence-corrected chi connectivity index (χ2v) is 6.88. The molecular weight excluding hydrogens is 330 g/mol. The smallest absolute Gasteiger partial charge is 0.220 e. The Morgan fingerprint density at radius 2 is 2.12 bits per heavy atom. The third kappa shape index (κ3) is 6.20. The van der Waals surface area contributed by atoms with Crippen LogP contribution < -0.4 is 15.4 Å². The summed E-state index contributed by atoms with van der Waals surface area (Å²) in [5.41, 5.74) is 1.08. The van der Waals surface area contributed by atoms with Crippen molar-refractivity contribution in [1.29, 1.82) is 0 Å². The molecule has 1 aliphatic rings. The first-order chi connectivity index (χ1) is 12.5. The molecule has 2 heterocycles. The Morgan fingerprint density at radius 3 is 2.65 bits per heavy atom. The van der Waals surface area contributed by atoms with Gasteiger partial charge in [-0.15, -0.1) is 0 Å². The normalized spacial score (nSPS) is 15.9. The molecule has 1 saturated heterocycles. The highest BCUT2D eigenvalue weighted by molar-refractivity contribution is 5.80. The number of carbonyl (C=O) groups excluding carboxylic acids is 1. The summed E-state index contributed by atoms with van der Waals surface area (Å²) in [4.78, 5) is 22.5. The fourth-order valence-electron chi connectivity index (χ4n) is 3.05. The molecule has 1 amide bonds. The molecule has 2 rings (SSSR count). The number of hydrogen-bond acceptors (Lipinski definition) is 4. The molecule has 1 aromatic heterocycles. The lowest BCUT2D eigenvalue weighted by atomic mass is 9.93. The van der Waals surface area contributed by atoms with Crippen molar-refractivity contribution in [2.45, 2.75) is 45.8 Å². The van der Waals surface area contributed by atoms with Crippen LogP contribution in [0.5, 0.6) is 5.88 Å². The number of aromatic nitrogens is 1. The maximum Gasteiger partial charge on any atom is 0.220 e. The monoisotopic (exact) mass is 361 g/mol. The van der Waals surface area contributed by atoms with Gasteiger partial charge in [-0.05, 0) is 38.2 Å². The van der Waals surface area contributed by atoms with Crippen LogP contribution >= 0.6 is 0 Å². The molecule has 0 radical (unpaired) electrons. The molecule has 0 bridgehead atoms. The van der Waals surface area contributed by atoms with Gasteiger partial charge in [0.1, 0.15) is 0 Å². The van der Waals surface area contributed by atoms with Crippen molar-refractivity contribution in [3.63, 3.8) is 0 Å². The van der Waals surface area contributed by atoms with Crippen LogP contribution in [0.1, 0.15) is 38.7 Å². The topological polar surface area (TPSA) is 78.9 Å². The third-order valence-electron chi connectivity index (χ3n) is 4.48. The lowest BCUT2D eigenvalue weighted by Gasteiger charge is -2.34. The largest absolute Gasteiger partial charge is 0.475 e. The van der Waals surface area contributed by atoms with Gasteiger partial charge < -0.3 is 20.3 Å². The Balaban J connectivity index is 1.80. The van der Waals surface area contributed by atoms with Gasteiger partial charge in [-0.2, -0.15) is 0 Å². The van der Waals surface area contributed by atoms with Gasteiger partial charge in [0.05, 0.1) is 6.10 Å². The lowest BCUT2D eigenvalue weighted by Crippen LogP contribution is -2.45. The number of guanidine groups is 1. The maximum absolute atomic E-state index is 11.5. The minimum Gasteiger partial charge on any atom is -0.475 e. The van der Waals surface area contributed by atoms with Crippen molar-refractivity contribution >= 4 is 11.9 Å². The Hall–Kier alpha value is -2.31. The van der Waals surface area contributed by atoms with Crippen LogP contribution in [0.15, 0.2) is 23.3 Å². The van der Waals surface area contributed by atoms with Gasteiger partial charge in [0.25, 0.3) is 0 Å². The van der Waals surface area contributed by atoms with Crippen molar-refractivity contribution in [3.05, 3.63) is 23.9 Å². The average Bonchev–Trinajstić information content (AvgIpc) is 2.64. The van der Waals surface area contributed by atoms with Crippen LogP contribution in [-0.2, 0) is 11.3 Å². The summed E-state index contributed by atoms with van der Waals surface area (Å²) in [6.07, 6.45) is 4.59. The molecule has 1 aliphatic heterocycles. The number of piperidine rings is 1. The second kappa shape index (κ2) is 9.99. The standard InChI is InChI=1S/C19H31N5O2/c1-14(2)26-18-6-5-16(12-22-18)13-23-19(21-4)24-9-7-15(8-10-24)11-17(25)20-3/h5-6,12,14-15H,7-11,13H2,1-4H3,(H,20,25)(H,21,23). The highest BCUT2D eigenvalue weighted by Crippen LogP contribution is 2.20. The SMILES string of the molecule is CN=C(NCc1ccc(OC(C)C)nc1)N1CCC(CC(=O)NC)CC1. The summed E-state index contributed by atoms with van der Waals surface area (Å²) in [6.45, 7) is 6.47. The number of hydrogen-bond donors (Lipinski definition) is 2. The summed E-state index contributed by atoms with van der Waals surface area (Å²) >= 11 is 0. The van der Waals surface area contributed by atoms with E-state index < -0.39 is 0 Å². The zero-order valence-electron chi connectivity index (χ0n) is 16.3. The first-order valence-electron chi connectivity index (χ1n) is 9.29. The summed E-state index contributed by atoms with van der Waals surface area (Å²) < 4.78 is 5.56. The Kier molecular flexibility index (Phi) is 7.69. The number of ether oxygens (including phenoxy) is 1. The van der Waals surface area contributed by atoms with Crippen LogP contribution in [0.3, 0.4) is 0 Å². The molecule has 1 aromatic rings. The van der Waals surface area contributed by atoms with Crippen molar-refractivity contribution in [2.24, 2.45) is 10.9 Å². The quantitative estimate of drug-likeness (QED) is 0.597. The van der Waals surface area contributed by atoms with Crippen molar-refractivity contribution in [3.8, 4) is 5.88 Å².